The van der Waals surface area contributed by atoms with Crippen LogP contribution in [0.2, 0.25) is 0 Å². The van der Waals surface area contributed by atoms with E-state index < -0.39 is 0 Å². The van der Waals surface area contributed by atoms with Crippen LogP contribution in [-0.2, 0) is 30.9 Å². The molecule has 3 aromatic rings. The number of halogens is 1. The minimum Gasteiger partial charge on any atom is -0.377 e. The summed E-state index contributed by atoms with van der Waals surface area (Å²) in [4.78, 5) is 13.3. The first-order chi connectivity index (χ1) is 15.6. The first kappa shape index (κ1) is 21.9. The second kappa shape index (κ2) is 9.90. The van der Waals surface area contributed by atoms with E-state index in [4.69, 9.17) is 4.74 Å². The van der Waals surface area contributed by atoms with Gasteiger partial charge >= 0.3 is 0 Å². The average molecular weight is 441 g/mol. The Labute approximate surface area is 186 Å². The van der Waals surface area contributed by atoms with Gasteiger partial charge in [0.2, 0.25) is 0 Å². The Kier molecular flexibility index (Phi) is 6.79. The van der Waals surface area contributed by atoms with Gasteiger partial charge in [-0.05, 0) is 38.0 Å². The maximum Gasteiger partial charge on any atom is 0.191 e. The lowest BCUT2D eigenvalue weighted by atomic mass is 10.1. The zero-order valence-corrected chi connectivity index (χ0v) is 18.7. The van der Waals surface area contributed by atoms with Crippen LogP contribution in [0.3, 0.4) is 0 Å². The number of fused-ring (bicyclic) bond motifs is 1. The van der Waals surface area contributed by atoms with Crippen LogP contribution in [0.5, 0.6) is 0 Å². The van der Waals surface area contributed by atoms with Crippen molar-refractivity contribution in [2.24, 2.45) is 4.99 Å². The van der Waals surface area contributed by atoms with Gasteiger partial charge in [-0.15, -0.1) is 0 Å². The second-order valence-corrected chi connectivity index (χ2v) is 7.76. The molecule has 2 aromatic heterocycles. The second-order valence-electron chi connectivity index (χ2n) is 7.76. The summed E-state index contributed by atoms with van der Waals surface area (Å²) in [5.41, 5.74) is 1.28. The van der Waals surface area contributed by atoms with Crippen molar-refractivity contribution in [3.05, 3.63) is 59.4 Å². The topological polar surface area (TPSA) is 94.2 Å². The number of guanidine groups is 1. The van der Waals surface area contributed by atoms with E-state index in [-0.39, 0.29) is 11.9 Å². The zero-order chi connectivity index (χ0) is 22.5. The summed E-state index contributed by atoms with van der Waals surface area (Å²) in [6.07, 6.45) is 5.19. The molecule has 1 atom stereocenters. The van der Waals surface area contributed by atoms with Crippen molar-refractivity contribution in [2.45, 2.75) is 52.4 Å². The van der Waals surface area contributed by atoms with Gasteiger partial charge in [0.15, 0.2) is 11.8 Å². The fourth-order valence-corrected chi connectivity index (χ4v) is 3.83. The summed E-state index contributed by atoms with van der Waals surface area (Å²) in [5, 5.41) is 11.3. The third kappa shape index (κ3) is 4.96. The molecule has 0 aliphatic carbocycles. The van der Waals surface area contributed by atoms with Crippen LogP contribution >= 0.6 is 0 Å². The lowest BCUT2D eigenvalue weighted by Crippen LogP contribution is -2.47. The zero-order valence-electron chi connectivity index (χ0n) is 18.7. The molecule has 9 nitrogen and oxygen atoms in total. The molecule has 0 saturated heterocycles. The summed E-state index contributed by atoms with van der Waals surface area (Å²) in [6.45, 7) is 6.10. The van der Waals surface area contributed by atoms with Crippen molar-refractivity contribution in [1.29, 1.82) is 0 Å². The molecule has 1 unspecified atom stereocenters. The molecule has 1 aliphatic heterocycles. The van der Waals surface area contributed by atoms with Crippen LogP contribution in [0.15, 0.2) is 35.6 Å². The highest BCUT2D eigenvalue weighted by Crippen LogP contribution is 2.18. The molecule has 1 aromatic carbocycles. The van der Waals surface area contributed by atoms with E-state index in [9.17, 15) is 4.39 Å². The molecule has 0 saturated carbocycles. The van der Waals surface area contributed by atoms with Gasteiger partial charge in [-0.2, -0.15) is 5.10 Å². The third-order valence-electron chi connectivity index (χ3n) is 5.38. The fourth-order valence-electron chi connectivity index (χ4n) is 3.83. The lowest BCUT2D eigenvalue weighted by molar-refractivity contribution is 0.177. The standard InChI is InChI=1S/C22H29FN8O/c1-4-24-22(27-17-6-8-21-28-20(14-32-3)29-31(21)13-17)26-12-16-5-7-19(18(23)11-16)30-10-9-25-15(30)2/h5,7,9-11,17H,4,6,8,12-14H2,1-3H3,(H2,24,26,27). The first-order valence-electron chi connectivity index (χ1n) is 10.8. The predicted octanol–water partition coefficient (Wildman–Crippen LogP) is 2.13. The number of methoxy groups -OCH3 is 1. The predicted molar refractivity (Wildman–Crippen MR) is 119 cm³/mol. The Morgan fingerprint density at radius 1 is 1.38 bits per heavy atom. The quantitative estimate of drug-likeness (QED) is 0.432. The molecule has 0 bridgehead atoms. The van der Waals surface area contributed by atoms with E-state index in [2.05, 4.69) is 30.7 Å². The molecule has 2 N–H and O–H groups in total. The van der Waals surface area contributed by atoms with Gasteiger partial charge in [0, 0.05) is 38.5 Å². The number of imidazole rings is 1. The highest BCUT2D eigenvalue weighted by Gasteiger charge is 2.22. The maximum atomic E-state index is 14.7. The van der Waals surface area contributed by atoms with Gasteiger partial charge in [0.1, 0.15) is 24.1 Å². The molecular formula is C22H29FN8O. The summed E-state index contributed by atoms with van der Waals surface area (Å²) < 4.78 is 23.5. The summed E-state index contributed by atoms with van der Waals surface area (Å²) in [5.74, 6) is 2.84. The number of aryl methyl sites for hydroxylation is 2. The molecule has 0 amide bonds. The number of hydrogen-bond acceptors (Lipinski definition) is 5. The smallest absolute Gasteiger partial charge is 0.191 e. The van der Waals surface area contributed by atoms with E-state index in [1.807, 2.05) is 24.6 Å². The van der Waals surface area contributed by atoms with Crippen LogP contribution in [0.25, 0.3) is 5.69 Å². The number of nitrogens with one attached hydrogen (secondary N) is 2. The van der Waals surface area contributed by atoms with E-state index in [0.29, 0.717) is 37.2 Å². The molecule has 32 heavy (non-hydrogen) atoms. The summed E-state index contributed by atoms with van der Waals surface area (Å²) >= 11 is 0. The van der Waals surface area contributed by atoms with E-state index >= 15 is 0 Å². The summed E-state index contributed by atoms with van der Waals surface area (Å²) in [7, 11) is 1.64. The number of benzene rings is 1. The van der Waals surface area contributed by atoms with E-state index in [1.165, 1.54) is 6.07 Å². The number of hydrogen-bond donors (Lipinski definition) is 2. The largest absolute Gasteiger partial charge is 0.377 e. The van der Waals surface area contributed by atoms with Gasteiger partial charge < -0.3 is 19.9 Å². The van der Waals surface area contributed by atoms with E-state index in [0.717, 1.165) is 36.6 Å². The normalized spacial score (nSPS) is 16.1. The highest BCUT2D eigenvalue weighted by atomic mass is 19.1. The first-order valence-corrected chi connectivity index (χ1v) is 10.8. The van der Waals surface area contributed by atoms with E-state index in [1.54, 1.807) is 30.1 Å². The van der Waals surface area contributed by atoms with Gasteiger partial charge in [0.05, 0.1) is 18.8 Å². The average Bonchev–Trinajstić information content (AvgIpc) is 3.37. The van der Waals surface area contributed by atoms with Gasteiger partial charge in [-0.3, -0.25) is 0 Å². The molecule has 10 heteroatoms. The molecule has 170 valence electrons. The van der Waals surface area contributed by atoms with Crippen molar-refractivity contribution in [3.8, 4) is 5.69 Å². The van der Waals surface area contributed by atoms with Gasteiger partial charge in [-0.1, -0.05) is 6.07 Å². The van der Waals surface area contributed by atoms with Crippen LogP contribution in [0.1, 0.15) is 36.4 Å². The van der Waals surface area contributed by atoms with Crippen LogP contribution in [-0.4, -0.2) is 50.0 Å². The third-order valence-corrected chi connectivity index (χ3v) is 5.38. The lowest BCUT2D eigenvalue weighted by Gasteiger charge is -2.25. The van der Waals surface area contributed by atoms with Crippen LogP contribution in [0.4, 0.5) is 4.39 Å². The highest BCUT2D eigenvalue weighted by molar-refractivity contribution is 5.80. The Hall–Kier alpha value is -3.27. The number of aromatic nitrogens is 5. The number of nitrogens with zero attached hydrogens (tertiary/aromatic N) is 6. The van der Waals surface area contributed by atoms with Crippen molar-refractivity contribution in [3.63, 3.8) is 0 Å². The Balaban J connectivity index is 1.42. The molecule has 0 radical (unpaired) electrons. The fraction of sp³-hybridized carbons (Fsp3) is 0.455. The van der Waals surface area contributed by atoms with Crippen molar-refractivity contribution in [1.82, 2.24) is 34.9 Å². The van der Waals surface area contributed by atoms with Gasteiger partial charge in [0.25, 0.3) is 0 Å². The van der Waals surface area contributed by atoms with Crippen molar-refractivity contribution < 1.29 is 9.13 Å². The molecular weight excluding hydrogens is 411 g/mol. The van der Waals surface area contributed by atoms with Gasteiger partial charge in [-0.25, -0.2) is 24.0 Å². The monoisotopic (exact) mass is 440 g/mol. The maximum absolute atomic E-state index is 14.7. The molecule has 0 spiro atoms. The number of aliphatic imine (C=N–C) groups is 1. The minimum atomic E-state index is -0.297. The Bertz CT molecular complexity index is 1090. The Morgan fingerprint density at radius 2 is 2.25 bits per heavy atom. The SMILES string of the molecule is CCNC(=NCc1ccc(-n2ccnc2C)c(F)c1)NC1CCc2nc(COC)nn2C1. The van der Waals surface area contributed by atoms with Crippen molar-refractivity contribution in [2.75, 3.05) is 13.7 Å². The van der Waals surface area contributed by atoms with Crippen LogP contribution in [0, 0.1) is 12.7 Å². The minimum absolute atomic E-state index is 0.181. The van der Waals surface area contributed by atoms with Crippen molar-refractivity contribution >= 4 is 5.96 Å². The molecule has 3 heterocycles. The molecule has 4 rings (SSSR count). The Morgan fingerprint density at radius 3 is 2.97 bits per heavy atom. The number of rotatable bonds is 7. The molecule has 1 aliphatic rings. The molecule has 0 fully saturated rings. The van der Waals surface area contributed by atoms with Crippen LogP contribution < -0.4 is 10.6 Å². The summed E-state index contributed by atoms with van der Waals surface area (Å²) in [6, 6.07) is 5.37. The number of ether oxygens (including phenoxy) is 1.